The topological polar surface area (TPSA) is 63.6 Å². The van der Waals surface area contributed by atoms with Crippen molar-refractivity contribution in [1.29, 1.82) is 0 Å². The zero-order chi connectivity index (χ0) is 12.8. The minimum Gasteiger partial charge on any atom is -0.481 e. The molecule has 0 aliphatic rings. The highest BCUT2D eigenvalue weighted by Crippen LogP contribution is 2.14. The molecule has 0 unspecified atom stereocenters. The molecular weight excluding hydrogens is 220 g/mol. The first-order valence-electron chi connectivity index (χ1n) is 5.44. The number of methoxy groups -OCH3 is 1. The van der Waals surface area contributed by atoms with Gasteiger partial charge in [0.2, 0.25) is 0 Å². The minimum absolute atomic E-state index is 0.164. The molecule has 0 aliphatic heterocycles. The largest absolute Gasteiger partial charge is 0.481 e. The fraction of sp³-hybridized carbons (Fsp3) is 0.385. The van der Waals surface area contributed by atoms with Gasteiger partial charge in [0, 0.05) is 6.42 Å². The number of carboxylic acid groups (broad SMARTS) is 1. The van der Waals surface area contributed by atoms with Crippen LogP contribution in [0.2, 0.25) is 0 Å². The van der Waals surface area contributed by atoms with Crippen LogP contribution in [0, 0.1) is 6.92 Å². The number of hydrogen-bond donors (Lipinski definition) is 1. The average Bonchev–Trinajstić information content (AvgIpc) is 2.28. The number of aryl methyl sites for hydroxylation is 2. The minimum atomic E-state index is -0.784. The monoisotopic (exact) mass is 236 g/mol. The normalized spacial score (nSPS) is 10.0. The smallest absolute Gasteiger partial charge is 0.338 e. The molecule has 17 heavy (non-hydrogen) atoms. The van der Waals surface area contributed by atoms with E-state index in [1.807, 2.05) is 19.1 Å². The standard InChI is InChI=1S/C13H16O4/c1-9-8-10(4-3-5-12(14)15)6-7-11(9)13(16)17-2/h6-8H,3-5H2,1-2H3,(H,14,15). The van der Waals surface area contributed by atoms with Crippen molar-refractivity contribution in [3.63, 3.8) is 0 Å². The van der Waals surface area contributed by atoms with Crippen LogP contribution in [0.5, 0.6) is 0 Å². The van der Waals surface area contributed by atoms with Crippen molar-refractivity contribution in [2.45, 2.75) is 26.2 Å². The maximum atomic E-state index is 11.3. The summed E-state index contributed by atoms with van der Waals surface area (Å²) in [5.74, 6) is -1.13. The first-order valence-corrected chi connectivity index (χ1v) is 5.44. The third kappa shape index (κ3) is 3.90. The molecule has 0 fully saturated rings. The Balaban J connectivity index is 2.68. The molecule has 0 aliphatic carbocycles. The summed E-state index contributed by atoms with van der Waals surface area (Å²) in [6.45, 7) is 1.84. The van der Waals surface area contributed by atoms with Crippen molar-refractivity contribution in [3.05, 3.63) is 34.9 Å². The van der Waals surface area contributed by atoms with Crippen molar-refractivity contribution in [3.8, 4) is 0 Å². The summed E-state index contributed by atoms with van der Waals surface area (Å²) in [5.41, 5.74) is 2.44. The summed E-state index contributed by atoms with van der Waals surface area (Å²) in [4.78, 5) is 21.7. The van der Waals surface area contributed by atoms with Gasteiger partial charge in [0.25, 0.3) is 0 Å². The van der Waals surface area contributed by atoms with Crippen molar-refractivity contribution in [2.75, 3.05) is 7.11 Å². The molecule has 1 rings (SSSR count). The number of esters is 1. The fourth-order valence-corrected chi connectivity index (χ4v) is 1.66. The van der Waals surface area contributed by atoms with Gasteiger partial charge >= 0.3 is 11.9 Å². The Morgan fingerprint density at radius 3 is 2.59 bits per heavy atom. The summed E-state index contributed by atoms with van der Waals surface area (Å²) in [5, 5.41) is 8.53. The summed E-state index contributed by atoms with van der Waals surface area (Å²) >= 11 is 0. The molecular formula is C13H16O4. The van der Waals surface area contributed by atoms with Crippen LogP contribution >= 0.6 is 0 Å². The molecule has 0 aromatic heterocycles. The van der Waals surface area contributed by atoms with E-state index >= 15 is 0 Å². The van der Waals surface area contributed by atoms with Crippen LogP contribution in [0.4, 0.5) is 0 Å². The lowest BCUT2D eigenvalue weighted by Gasteiger charge is -2.06. The van der Waals surface area contributed by atoms with Gasteiger partial charge in [-0.1, -0.05) is 12.1 Å². The van der Waals surface area contributed by atoms with Gasteiger partial charge in [0.1, 0.15) is 0 Å². The van der Waals surface area contributed by atoms with Crippen LogP contribution in [0.1, 0.15) is 34.3 Å². The number of ether oxygens (including phenoxy) is 1. The molecule has 92 valence electrons. The number of carboxylic acids is 1. The third-order valence-electron chi connectivity index (χ3n) is 2.55. The molecule has 0 bridgehead atoms. The lowest BCUT2D eigenvalue weighted by atomic mass is 10.0. The second kappa shape index (κ2) is 6.03. The van der Waals surface area contributed by atoms with Gasteiger partial charge in [-0.3, -0.25) is 4.79 Å². The van der Waals surface area contributed by atoms with Crippen LogP contribution in [0.3, 0.4) is 0 Å². The van der Waals surface area contributed by atoms with Crippen molar-refractivity contribution < 1.29 is 19.4 Å². The van der Waals surface area contributed by atoms with Gasteiger partial charge < -0.3 is 9.84 Å². The van der Waals surface area contributed by atoms with E-state index in [-0.39, 0.29) is 12.4 Å². The maximum absolute atomic E-state index is 11.3. The van der Waals surface area contributed by atoms with Crippen LogP contribution in [-0.4, -0.2) is 24.2 Å². The molecule has 0 spiro atoms. The van der Waals surface area contributed by atoms with Gasteiger partial charge in [0.05, 0.1) is 12.7 Å². The lowest BCUT2D eigenvalue weighted by molar-refractivity contribution is -0.137. The SMILES string of the molecule is COC(=O)c1ccc(CCCC(=O)O)cc1C. The number of benzene rings is 1. The number of carbonyl (C=O) groups is 2. The molecule has 1 N–H and O–H groups in total. The Bertz CT molecular complexity index is 423. The van der Waals surface area contributed by atoms with E-state index in [0.29, 0.717) is 18.4 Å². The summed E-state index contributed by atoms with van der Waals surface area (Å²) < 4.78 is 4.65. The highest BCUT2D eigenvalue weighted by atomic mass is 16.5. The van der Waals surface area contributed by atoms with Crippen molar-refractivity contribution in [1.82, 2.24) is 0 Å². The van der Waals surface area contributed by atoms with Crippen LogP contribution in [0.25, 0.3) is 0 Å². The molecule has 1 aromatic carbocycles. The van der Waals surface area contributed by atoms with E-state index in [1.165, 1.54) is 7.11 Å². The molecule has 4 nitrogen and oxygen atoms in total. The molecule has 0 amide bonds. The zero-order valence-electron chi connectivity index (χ0n) is 10.0. The number of carbonyl (C=O) groups excluding carboxylic acids is 1. The lowest BCUT2D eigenvalue weighted by Crippen LogP contribution is -2.04. The molecule has 0 saturated heterocycles. The Labute approximate surface area is 100 Å². The molecule has 4 heteroatoms. The summed E-state index contributed by atoms with van der Waals surface area (Å²) in [7, 11) is 1.35. The van der Waals surface area contributed by atoms with E-state index in [9.17, 15) is 9.59 Å². The Morgan fingerprint density at radius 2 is 2.06 bits per heavy atom. The Morgan fingerprint density at radius 1 is 1.35 bits per heavy atom. The van der Waals surface area contributed by atoms with Gasteiger partial charge in [0.15, 0.2) is 0 Å². The average molecular weight is 236 g/mol. The highest BCUT2D eigenvalue weighted by molar-refractivity contribution is 5.90. The van der Waals surface area contributed by atoms with Crippen molar-refractivity contribution >= 4 is 11.9 Å². The third-order valence-corrected chi connectivity index (χ3v) is 2.55. The second-order valence-corrected chi connectivity index (χ2v) is 3.89. The number of aliphatic carboxylic acids is 1. The van der Waals surface area contributed by atoms with E-state index in [0.717, 1.165) is 11.1 Å². The quantitative estimate of drug-likeness (QED) is 0.796. The summed E-state index contributed by atoms with van der Waals surface area (Å²) in [6.07, 6.45) is 1.47. The van der Waals surface area contributed by atoms with E-state index in [2.05, 4.69) is 4.74 Å². The van der Waals surface area contributed by atoms with E-state index in [1.54, 1.807) is 6.07 Å². The molecule has 0 heterocycles. The van der Waals surface area contributed by atoms with Gasteiger partial charge in [-0.25, -0.2) is 4.79 Å². The molecule has 0 saturated carbocycles. The fourth-order valence-electron chi connectivity index (χ4n) is 1.66. The van der Waals surface area contributed by atoms with Crippen LogP contribution in [-0.2, 0) is 16.0 Å². The number of hydrogen-bond acceptors (Lipinski definition) is 3. The summed E-state index contributed by atoms with van der Waals surface area (Å²) in [6, 6.07) is 5.45. The van der Waals surface area contributed by atoms with Crippen molar-refractivity contribution in [2.24, 2.45) is 0 Å². The predicted octanol–water partition coefficient (Wildman–Crippen LogP) is 2.19. The van der Waals surface area contributed by atoms with Gasteiger partial charge in [-0.05, 0) is 37.0 Å². The van der Waals surface area contributed by atoms with Crippen LogP contribution in [0.15, 0.2) is 18.2 Å². The maximum Gasteiger partial charge on any atom is 0.338 e. The number of rotatable bonds is 5. The molecule has 1 aromatic rings. The van der Waals surface area contributed by atoms with E-state index in [4.69, 9.17) is 5.11 Å². The second-order valence-electron chi connectivity index (χ2n) is 3.89. The first-order chi connectivity index (χ1) is 8.04. The Kier molecular flexibility index (Phi) is 4.69. The first kappa shape index (κ1) is 13.2. The van der Waals surface area contributed by atoms with Gasteiger partial charge in [-0.2, -0.15) is 0 Å². The molecule has 0 radical (unpaired) electrons. The Hall–Kier alpha value is -1.84. The van der Waals surface area contributed by atoms with Gasteiger partial charge in [-0.15, -0.1) is 0 Å². The predicted molar refractivity (Wildman–Crippen MR) is 63.1 cm³/mol. The van der Waals surface area contributed by atoms with E-state index < -0.39 is 5.97 Å². The zero-order valence-corrected chi connectivity index (χ0v) is 10.0. The highest BCUT2D eigenvalue weighted by Gasteiger charge is 2.09. The van der Waals surface area contributed by atoms with Crippen LogP contribution < -0.4 is 0 Å². The molecule has 0 atom stereocenters.